The predicted octanol–water partition coefficient (Wildman–Crippen LogP) is 16.1. The Morgan fingerprint density at radius 1 is 0.221 bits per heavy atom. The molecule has 0 aliphatic rings. The standard InChI is InChI=1S/C63H41N5/c1-4-18-42(19-5-1)43-32-34-45(35-33-43)50-39-37-48(41-60(50)68-57-30-16-12-26-53(57)54-27-13-17-31-58(54)68)63-65-61(46-22-8-3-9-23-46)64-62(66-63)47-36-38-49(44-20-6-2-7-21-44)59(40-47)67-55-28-14-10-24-51(55)52-25-11-15-29-56(52)67/h1-41H. The molecule has 3 aromatic heterocycles. The maximum atomic E-state index is 5.40. The van der Waals surface area contributed by atoms with Crippen molar-refractivity contribution in [3.8, 4) is 78.9 Å². The van der Waals surface area contributed by atoms with Gasteiger partial charge in [0.2, 0.25) is 0 Å². The molecule has 0 atom stereocenters. The molecule has 0 amide bonds. The fourth-order valence-corrected chi connectivity index (χ4v) is 10.0. The van der Waals surface area contributed by atoms with Gasteiger partial charge in [-0.3, -0.25) is 0 Å². The highest BCUT2D eigenvalue weighted by Crippen LogP contribution is 2.41. The predicted molar refractivity (Wildman–Crippen MR) is 281 cm³/mol. The Morgan fingerprint density at radius 3 is 0.912 bits per heavy atom. The molecule has 0 saturated heterocycles. The number of nitrogens with zero attached hydrogens (tertiary/aromatic N) is 5. The number of aromatic nitrogens is 5. The lowest BCUT2D eigenvalue weighted by Crippen LogP contribution is -2.03. The minimum absolute atomic E-state index is 0.590. The van der Waals surface area contributed by atoms with Gasteiger partial charge in [-0.25, -0.2) is 15.0 Å². The molecule has 10 aromatic carbocycles. The largest absolute Gasteiger partial charge is 0.309 e. The summed E-state index contributed by atoms with van der Waals surface area (Å²) in [5.41, 5.74) is 16.1. The van der Waals surface area contributed by atoms with Gasteiger partial charge in [0, 0.05) is 49.4 Å². The summed E-state index contributed by atoms with van der Waals surface area (Å²) in [5.74, 6) is 1.79. The van der Waals surface area contributed by atoms with Crippen LogP contribution in [0.1, 0.15) is 0 Å². The molecule has 0 saturated carbocycles. The fourth-order valence-electron chi connectivity index (χ4n) is 10.0. The number of rotatable bonds is 8. The summed E-state index contributed by atoms with van der Waals surface area (Å²) in [6, 6.07) is 88.2. The smallest absolute Gasteiger partial charge is 0.164 e. The van der Waals surface area contributed by atoms with E-state index in [1.54, 1.807) is 0 Å². The van der Waals surface area contributed by atoms with Crippen molar-refractivity contribution < 1.29 is 0 Å². The van der Waals surface area contributed by atoms with Crippen molar-refractivity contribution in [1.82, 2.24) is 24.1 Å². The third kappa shape index (κ3) is 6.68. The third-order valence-corrected chi connectivity index (χ3v) is 13.2. The molecular formula is C63H41N5. The molecule has 5 heteroatoms. The van der Waals surface area contributed by atoms with Crippen molar-refractivity contribution in [2.24, 2.45) is 0 Å². The van der Waals surface area contributed by atoms with Crippen molar-refractivity contribution >= 4 is 43.6 Å². The molecule has 0 unspecified atom stereocenters. The molecule has 0 radical (unpaired) electrons. The van der Waals surface area contributed by atoms with E-state index in [-0.39, 0.29) is 0 Å². The molecule has 13 rings (SSSR count). The van der Waals surface area contributed by atoms with E-state index in [9.17, 15) is 0 Å². The topological polar surface area (TPSA) is 48.5 Å². The van der Waals surface area contributed by atoms with Crippen LogP contribution in [0.5, 0.6) is 0 Å². The molecule has 318 valence electrons. The van der Waals surface area contributed by atoms with Gasteiger partial charge in [0.05, 0.1) is 33.4 Å². The SMILES string of the molecule is c1ccc(-c2ccc(-c3ccc(-c4nc(-c5ccccc5)nc(-c5ccc(-c6ccccc6)c(-n6c7ccccc7c7ccccc76)c5)n4)cc3-n3c4ccccc4c4ccccc43)cc2)cc1. The van der Waals surface area contributed by atoms with E-state index < -0.39 is 0 Å². The highest BCUT2D eigenvalue weighted by atomic mass is 15.0. The molecule has 5 nitrogen and oxygen atoms in total. The lowest BCUT2D eigenvalue weighted by atomic mass is 9.97. The van der Waals surface area contributed by atoms with Gasteiger partial charge in [0.15, 0.2) is 17.5 Å². The number of hydrogen-bond acceptors (Lipinski definition) is 3. The minimum Gasteiger partial charge on any atom is -0.309 e. The summed E-state index contributed by atoms with van der Waals surface area (Å²) in [4.78, 5) is 15.9. The summed E-state index contributed by atoms with van der Waals surface area (Å²) in [7, 11) is 0. The fraction of sp³-hybridized carbons (Fsp3) is 0. The van der Waals surface area contributed by atoms with Crippen LogP contribution in [-0.4, -0.2) is 24.1 Å². The first kappa shape index (κ1) is 39.2. The Labute approximate surface area is 393 Å². The Morgan fingerprint density at radius 2 is 0.500 bits per heavy atom. The Balaban J connectivity index is 1.04. The van der Waals surface area contributed by atoms with Gasteiger partial charge >= 0.3 is 0 Å². The molecule has 0 bridgehead atoms. The first-order valence-electron chi connectivity index (χ1n) is 23.0. The lowest BCUT2D eigenvalue weighted by Gasteiger charge is -2.17. The summed E-state index contributed by atoms with van der Waals surface area (Å²) in [5, 5.41) is 4.81. The van der Waals surface area contributed by atoms with Gasteiger partial charge in [0.1, 0.15) is 0 Å². The van der Waals surface area contributed by atoms with Gasteiger partial charge in [-0.2, -0.15) is 0 Å². The van der Waals surface area contributed by atoms with Crippen LogP contribution in [0, 0.1) is 0 Å². The van der Waals surface area contributed by atoms with Crippen LogP contribution >= 0.6 is 0 Å². The monoisotopic (exact) mass is 867 g/mol. The molecule has 0 aliphatic heterocycles. The summed E-state index contributed by atoms with van der Waals surface area (Å²) < 4.78 is 4.79. The summed E-state index contributed by atoms with van der Waals surface area (Å²) >= 11 is 0. The average Bonchev–Trinajstić information content (AvgIpc) is 3.94. The zero-order chi connectivity index (χ0) is 45.0. The highest BCUT2D eigenvalue weighted by molar-refractivity contribution is 6.11. The summed E-state index contributed by atoms with van der Waals surface area (Å²) in [6.45, 7) is 0. The van der Waals surface area contributed by atoms with E-state index in [2.05, 4.69) is 240 Å². The number of hydrogen-bond donors (Lipinski definition) is 0. The third-order valence-electron chi connectivity index (χ3n) is 13.2. The zero-order valence-corrected chi connectivity index (χ0v) is 36.9. The number of benzene rings is 10. The maximum Gasteiger partial charge on any atom is 0.164 e. The van der Waals surface area contributed by atoms with Crippen molar-refractivity contribution in [2.75, 3.05) is 0 Å². The first-order chi connectivity index (χ1) is 33.7. The molecule has 3 heterocycles. The van der Waals surface area contributed by atoms with Crippen LogP contribution in [-0.2, 0) is 0 Å². The second-order valence-electron chi connectivity index (χ2n) is 17.2. The Kier molecular flexibility index (Phi) is 9.43. The molecular weight excluding hydrogens is 827 g/mol. The van der Waals surface area contributed by atoms with Crippen molar-refractivity contribution in [3.63, 3.8) is 0 Å². The van der Waals surface area contributed by atoms with E-state index in [0.717, 1.165) is 72.4 Å². The maximum absolute atomic E-state index is 5.40. The van der Waals surface area contributed by atoms with Gasteiger partial charge in [-0.05, 0) is 58.7 Å². The second-order valence-corrected chi connectivity index (χ2v) is 17.2. The van der Waals surface area contributed by atoms with Crippen molar-refractivity contribution in [1.29, 1.82) is 0 Å². The quantitative estimate of drug-likeness (QED) is 0.153. The van der Waals surface area contributed by atoms with Gasteiger partial charge in [-0.1, -0.05) is 212 Å². The molecule has 13 aromatic rings. The Hall–Kier alpha value is -9.19. The molecule has 0 aliphatic carbocycles. The van der Waals surface area contributed by atoms with Crippen LogP contribution in [0.2, 0.25) is 0 Å². The van der Waals surface area contributed by atoms with Gasteiger partial charge in [0.25, 0.3) is 0 Å². The van der Waals surface area contributed by atoms with Gasteiger partial charge in [-0.15, -0.1) is 0 Å². The number of fused-ring (bicyclic) bond motifs is 6. The summed E-state index contributed by atoms with van der Waals surface area (Å²) in [6.07, 6.45) is 0. The van der Waals surface area contributed by atoms with Crippen LogP contribution in [0.3, 0.4) is 0 Å². The van der Waals surface area contributed by atoms with Crippen LogP contribution in [0.25, 0.3) is 123 Å². The van der Waals surface area contributed by atoms with Gasteiger partial charge < -0.3 is 9.13 Å². The number of para-hydroxylation sites is 4. The molecule has 68 heavy (non-hydrogen) atoms. The minimum atomic E-state index is 0.590. The zero-order valence-electron chi connectivity index (χ0n) is 36.9. The average molecular weight is 868 g/mol. The Bertz CT molecular complexity index is 3900. The molecule has 0 N–H and O–H groups in total. The first-order valence-corrected chi connectivity index (χ1v) is 23.0. The van der Waals surface area contributed by atoms with Crippen molar-refractivity contribution in [3.05, 3.63) is 249 Å². The lowest BCUT2D eigenvalue weighted by molar-refractivity contribution is 1.07. The van der Waals surface area contributed by atoms with E-state index in [1.807, 2.05) is 18.2 Å². The normalized spacial score (nSPS) is 11.5. The van der Waals surface area contributed by atoms with E-state index >= 15 is 0 Å². The second kappa shape index (κ2) is 16.4. The molecule has 0 spiro atoms. The van der Waals surface area contributed by atoms with E-state index in [0.29, 0.717) is 17.5 Å². The van der Waals surface area contributed by atoms with Crippen LogP contribution < -0.4 is 0 Å². The van der Waals surface area contributed by atoms with E-state index in [1.165, 1.54) is 32.7 Å². The molecule has 0 fully saturated rings. The van der Waals surface area contributed by atoms with Crippen LogP contribution in [0.4, 0.5) is 0 Å². The van der Waals surface area contributed by atoms with Crippen LogP contribution in [0.15, 0.2) is 249 Å². The highest BCUT2D eigenvalue weighted by Gasteiger charge is 2.21. The van der Waals surface area contributed by atoms with E-state index in [4.69, 9.17) is 15.0 Å². The van der Waals surface area contributed by atoms with Crippen molar-refractivity contribution in [2.45, 2.75) is 0 Å².